The molecular weight excluding hydrogens is 276 g/mol. The predicted octanol–water partition coefficient (Wildman–Crippen LogP) is 1.28. The molecular formula is C15H12O6. The Hall–Kier alpha value is -2.60. The Labute approximate surface area is 118 Å². The quantitative estimate of drug-likeness (QED) is 0.808. The third-order valence-corrected chi connectivity index (χ3v) is 3.53. The van der Waals surface area contributed by atoms with Crippen LogP contribution in [-0.2, 0) is 15.1 Å². The summed E-state index contributed by atoms with van der Waals surface area (Å²) >= 11 is 0. The number of benzene rings is 1. The first kappa shape index (κ1) is 13.4. The molecule has 1 heterocycles. The van der Waals surface area contributed by atoms with Crippen molar-refractivity contribution < 1.29 is 24.2 Å². The van der Waals surface area contributed by atoms with Crippen LogP contribution in [0.25, 0.3) is 17.0 Å². The van der Waals surface area contributed by atoms with Crippen molar-refractivity contribution in [3.63, 3.8) is 0 Å². The number of carbonyl (C=O) groups is 1. The SMILES string of the molecule is COC1=Cc2oc3ccc(O)cc3c(=O)c2C(O)(C=O)C1. The van der Waals surface area contributed by atoms with E-state index in [1.807, 2.05) is 0 Å². The van der Waals surface area contributed by atoms with Gasteiger partial charge in [0.25, 0.3) is 0 Å². The van der Waals surface area contributed by atoms with Crippen molar-refractivity contribution in [2.24, 2.45) is 0 Å². The lowest BCUT2D eigenvalue weighted by Gasteiger charge is -2.27. The second kappa shape index (κ2) is 4.46. The maximum Gasteiger partial charge on any atom is 0.200 e. The van der Waals surface area contributed by atoms with Gasteiger partial charge in [-0.15, -0.1) is 0 Å². The Balaban J connectivity index is 2.44. The summed E-state index contributed by atoms with van der Waals surface area (Å²) in [7, 11) is 1.40. The van der Waals surface area contributed by atoms with E-state index >= 15 is 0 Å². The lowest BCUT2D eigenvalue weighted by atomic mass is 9.85. The number of aldehydes is 1. The van der Waals surface area contributed by atoms with Crippen molar-refractivity contribution in [3.05, 3.63) is 45.5 Å². The summed E-state index contributed by atoms with van der Waals surface area (Å²) < 4.78 is 10.6. The monoisotopic (exact) mass is 288 g/mol. The van der Waals surface area contributed by atoms with Crippen molar-refractivity contribution in [2.75, 3.05) is 7.11 Å². The molecule has 0 aliphatic heterocycles. The molecule has 1 aliphatic rings. The van der Waals surface area contributed by atoms with E-state index in [-0.39, 0.29) is 34.5 Å². The average molecular weight is 288 g/mol. The fourth-order valence-electron chi connectivity index (χ4n) is 2.49. The molecule has 0 bridgehead atoms. The molecule has 1 aliphatic carbocycles. The molecule has 6 heteroatoms. The molecule has 0 saturated carbocycles. The molecule has 0 amide bonds. The Morgan fingerprint density at radius 3 is 2.86 bits per heavy atom. The number of ether oxygens (including phenoxy) is 1. The Kier molecular flexibility index (Phi) is 2.84. The lowest BCUT2D eigenvalue weighted by Crippen LogP contribution is -2.37. The fraction of sp³-hybridized carbons (Fsp3) is 0.200. The van der Waals surface area contributed by atoms with Crippen molar-refractivity contribution in [1.82, 2.24) is 0 Å². The first-order chi connectivity index (χ1) is 9.98. The van der Waals surface area contributed by atoms with Crippen LogP contribution in [-0.4, -0.2) is 23.6 Å². The van der Waals surface area contributed by atoms with Crippen molar-refractivity contribution >= 4 is 23.3 Å². The van der Waals surface area contributed by atoms with Crippen molar-refractivity contribution in [2.45, 2.75) is 12.0 Å². The number of phenols is 1. The highest BCUT2D eigenvalue weighted by Crippen LogP contribution is 2.35. The van der Waals surface area contributed by atoms with Crippen molar-refractivity contribution in [1.29, 1.82) is 0 Å². The topological polar surface area (TPSA) is 97.0 Å². The molecule has 1 atom stereocenters. The maximum atomic E-state index is 12.5. The van der Waals surface area contributed by atoms with E-state index in [2.05, 4.69) is 0 Å². The normalized spacial score (nSPS) is 20.8. The van der Waals surface area contributed by atoms with E-state index in [1.165, 1.54) is 31.4 Å². The highest BCUT2D eigenvalue weighted by atomic mass is 16.5. The first-order valence-corrected chi connectivity index (χ1v) is 6.22. The summed E-state index contributed by atoms with van der Waals surface area (Å²) in [6.07, 6.45) is 1.62. The molecule has 6 nitrogen and oxygen atoms in total. The molecule has 1 aromatic heterocycles. The van der Waals surface area contributed by atoms with Gasteiger partial charge >= 0.3 is 0 Å². The number of fused-ring (bicyclic) bond motifs is 2. The highest BCUT2D eigenvalue weighted by molar-refractivity contribution is 5.83. The summed E-state index contributed by atoms with van der Waals surface area (Å²) in [6.45, 7) is 0. The van der Waals surface area contributed by atoms with E-state index in [4.69, 9.17) is 9.15 Å². The summed E-state index contributed by atoms with van der Waals surface area (Å²) in [5, 5.41) is 20.0. The van der Waals surface area contributed by atoms with Crippen LogP contribution in [0.4, 0.5) is 0 Å². The van der Waals surface area contributed by atoms with E-state index < -0.39 is 11.0 Å². The van der Waals surface area contributed by atoms with Gasteiger partial charge in [0.1, 0.15) is 22.9 Å². The van der Waals surface area contributed by atoms with E-state index in [1.54, 1.807) is 0 Å². The molecule has 0 spiro atoms. The molecule has 108 valence electrons. The smallest absolute Gasteiger partial charge is 0.200 e. The van der Waals surface area contributed by atoms with Gasteiger partial charge in [0.05, 0.1) is 18.1 Å². The summed E-state index contributed by atoms with van der Waals surface area (Å²) in [5.74, 6) is 0.308. The molecule has 1 unspecified atom stereocenters. The van der Waals surface area contributed by atoms with Crippen LogP contribution in [0.1, 0.15) is 17.7 Å². The molecule has 2 aromatic rings. The van der Waals surface area contributed by atoms with Crippen LogP contribution >= 0.6 is 0 Å². The minimum atomic E-state index is -2.00. The van der Waals surface area contributed by atoms with Crippen LogP contribution in [0.2, 0.25) is 0 Å². The summed E-state index contributed by atoms with van der Waals surface area (Å²) in [4.78, 5) is 23.8. The van der Waals surface area contributed by atoms with Gasteiger partial charge < -0.3 is 19.4 Å². The minimum Gasteiger partial charge on any atom is -0.508 e. The van der Waals surface area contributed by atoms with Gasteiger partial charge in [0.15, 0.2) is 17.3 Å². The number of carbonyl (C=O) groups excluding carboxylic acids is 1. The number of phenolic OH excluding ortho intramolecular Hbond substituents is 1. The molecule has 3 rings (SSSR count). The fourth-order valence-corrected chi connectivity index (χ4v) is 2.49. The first-order valence-electron chi connectivity index (χ1n) is 6.22. The number of hydrogen-bond donors (Lipinski definition) is 2. The van der Waals surface area contributed by atoms with Gasteiger partial charge in [-0.3, -0.25) is 9.59 Å². The number of hydrogen-bond acceptors (Lipinski definition) is 6. The molecule has 0 radical (unpaired) electrons. The predicted molar refractivity (Wildman–Crippen MR) is 73.7 cm³/mol. The van der Waals surface area contributed by atoms with Gasteiger partial charge in [-0.05, 0) is 18.2 Å². The highest BCUT2D eigenvalue weighted by Gasteiger charge is 2.40. The molecule has 1 aromatic carbocycles. The second-order valence-electron chi connectivity index (χ2n) is 4.88. The summed E-state index contributed by atoms with van der Waals surface area (Å²) in [5.41, 5.74) is -2.45. The number of methoxy groups -OCH3 is 1. The summed E-state index contributed by atoms with van der Waals surface area (Å²) in [6, 6.07) is 4.07. The number of rotatable bonds is 2. The number of aliphatic hydroxyl groups is 1. The lowest BCUT2D eigenvalue weighted by molar-refractivity contribution is -0.126. The third kappa shape index (κ3) is 1.92. The zero-order chi connectivity index (χ0) is 15.2. The molecule has 0 saturated heterocycles. The standard InChI is InChI=1S/C15H12O6/c1-20-9-5-12-13(15(19,6-9)7-16)14(18)10-4-8(17)2-3-11(10)21-12/h2-5,7,17,19H,6H2,1H3. The van der Waals surface area contributed by atoms with Crippen LogP contribution in [0.5, 0.6) is 5.75 Å². The Morgan fingerprint density at radius 1 is 1.43 bits per heavy atom. The second-order valence-corrected chi connectivity index (χ2v) is 4.88. The zero-order valence-corrected chi connectivity index (χ0v) is 11.1. The van der Waals surface area contributed by atoms with Crippen LogP contribution in [0.15, 0.2) is 33.2 Å². The molecule has 21 heavy (non-hydrogen) atoms. The minimum absolute atomic E-state index is 0.0795. The van der Waals surface area contributed by atoms with Crippen LogP contribution in [0.3, 0.4) is 0 Å². The zero-order valence-electron chi connectivity index (χ0n) is 11.1. The molecule has 2 N–H and O–H groups in total. The van der Waals surface area contributed by atoms with E-state index in [0.717, 1.165) is 0 Å². The number of aromatic hydroxyl groups is 1. The van der Waals surface area contributed by atoms with Gasteiger partial charge in [-0.25, -0.2) is 0 Å². The van der Waals surface area contributed by atoms with Gasteiger partial charge in [-0.1, -0.05) is 0 Å². The Morgan fingerprint density at radius 2 is 2.19 bits per heavy atom. The Bertz CT molecular complexity index is 832. The van der Waals surface area contributed by atoms with E-state index in [0.29, 0.717) is 12.0 Å². The largest absolute Gasteiger partial charge is 0.508 e. The van der Waals surface area contributed by atoms with Crippen LogP contribution < -0.4 is 5.43 Å². The maximum absolute atomic E-state index is 12.5. The molecule has 0 fully saturated rings. The van der Waals surface area contributed by atoms with E-state index in [9.17, 15) is 19.8 Å². The van der Waals surface area contributed by atoms with Gasteiger partial charge in [0, 0.05) is 12.5 Å². The van der Waals surface area contributed by atoms with Gasteiger partial charge in [0.2, 0.25) is 0 Å². The van der Waals surface area contributed by atoms with Crippen molar-refractivity contribution in [3.8, 4) is 5.75 Å². The van der Waals surface area contributed by atoms with Crippen LogP contribution in [0, 0.1) is 0 Å². The third-order valence-electron chi connectivity index (χ3n) is 3.53. The van der Waals surface area contributed by atoms with Gasteiger partial charge in [-0.2, -0.15) is 0 Å². The average Bonchev–Trinajstić information content (AvgIpc) is 2.47.